The highest BCUT2D eigenvalue weighted by atomic mass is 35.5. The van der Waals surface area contributed by atoms with E-state index in [2.05, 4.69) is 15.6 Å². The van der Waals surface area contributed by atoms with E-state index in [0.717, 1.165) is 0 Å². The average molecular weight is 381 g/mol. The van der Waals surface area contributed by atoms with Gasteiger partial charge in [0.2, 0.25) is 0 Å². The summed E-state index contributed by atoms with van der Waals surface area (Å²) in [5.74, 6) is -0.717. The molecule has 0 fully saturated rings. The van der Waals surface area contributed by atoms with Crippen LogP contribution in [0.4, 0.5) is 5.69 Å². The van der Waals surface area contributed by atoms with Crippen LogP contribution in [0, 0.1) is 0 Å². The molecule has 0 aliphatic carbocycles. The molecular weight excluding hydrogens is 363 g/mol. The van der Waals surface area contributed by atoms with Gasteiger partial charge in [-0.3, -0.25) is 14.6 Å². The lowest BCUT2D eigenvalue weighted by atomic mass is 10.2. The molecule has 8 heteroatoms. The van der Waals surface area contributed by atoms with Gasteiger partial charge in [-0.25, -0.2) is 0 Å². The molecule has 0 saturated heterocycles. The number of carbonyl (C=O) groups excluding carboxylic acids is 2. The van der Waals surface area contributed by atoms with Gasteiger partial charge in [-0.15, -0.1) is 0 Å². The van der Waals surface area contributed by atoms with Gasteiger partial charge >= 0.3 is 0 Å². The first-order chi connectivity index (χ1) is 11.8. The number of nitrogens with zero attached hydrogens (tertiary/aromatic N) is 2. The van der Waals surface area contributed by atoms with Crippen LogP contribution in [0.1, 0.15) is 20.8 Å². The van der Waals surface area contributed by atoms with Crippen molar-refractivity contribution in [2.75, 3.05) is 32.5 Å². The number of likely N-dealkylation sites (N-methyl/N-ethyl adjacent to an activating group) is 1. The van der Waals surface area contributed by atoms with Crippen LogP contribution < -0.4 is 10.6 Å². The van der Waals surface area contributed by atoms with Crippen LogP contribution in [0.15, 0.2) is 36.5 Å². The monoisotopic (exact) mass is 380 g/mol. The molecule has 0 aliphatic rings. The summed E-state index contributed by atoms with van der Waals surface area (Å²) in [5, 5.41) is 6.27. The molecule has 0 radical (unpaired) electrons. The van der Waals surface area contributed by atoms with Crippen LogP contribution >= 0.6 is 23.2 Å². The minimum Gasteiger partial charge on any atom is -0.349 e. The van der Waals surface area contributed by atoms with E-state index in [9.17, 15) is 9.59 Å². The van der Waals surface area contributed by atoms with Gasteiger partial charge in [0.1, 0.15) is 5.69 Å². The van der Waals surface area contributed by atoms with Gasteiger partial charge in [0.05, 0.1) is 0 Å². The van der Waals surface area contributed by atoms with Gasteiger partial charge in [-0.2, -0.15) is 0 Å². The van der Waals surface area contributed by atoms with Gasteiger partial charge in [-0.1, -0.05) is 23.2 Å². The molecule has 2 aromatic rings. The third-order valence-electron chi connectivity index (χ3n) is 3.22. The van der Waals surface area contributed by atoms with Crippen molar-refractivity contribution in [2.24, 2.45) is 0 Å². The van der Waals surface area contributed by atoms with E-state index in [1.807, 2.05) is 19.0 Å². The summed E-state index contributed by atoms with van der Waals surface area (Å²) in [6.07, 6.45) is 1.42. The van der Waals surface area contributed by atoms with Gasteiger partial charge in [0, 0.05) is 40.6 Å². The van der Waals surface area contributed by atoms with E-state index >= 15 is 0 Å². The van der Waals surface area contributed by atoms with Crippen LogP contribution in [0.25, 0.3) is 0 Å². The fourth-order valence-electron chi connectivity index (χ4n) is 2.01. The Morgan fingerprint density at radius 2 is 1.76 bits per heavy atom. The number of rotatable bonds is 6. The molecule has 0 spiro atoms. The van der Waals surface area contributed by atoms with Crippen LogP contribution in [0.5, 0.6) is 0 Å². The molecule has 132 valence electrons. The third kappa shape index (κ3) is 6.01. The van der Waals surface area contributed by atoms with Crippen molar-refractivity contribution in [2.45, 2.75) is 0 Å². The standard InChI is InChI=1S/C17H18Cl2N4O2/c1-23(2)6-5-21-17(25)15-7-11(3-4-20-15)16(24)22-14-9-12(18)8-13(19)10-14/h3-4,7-10H,5-6H2,1-2H3,(H,21,25)(H,22,24). The summed E-state index contributed by atoms with van der Waals surface area (Å²) in [5.41, 5.74) is 0.954. The van der Waals surface area contributed by atoms with Crippen molar-refractivity contribution in [3.63, 3.8) is 0 Å². The van der Waals surface area contributed by atoms with E-state index < -0.39 is 0 Å². The second-order valence-corrected chi connectivity index (χ2v) is 6.47. The molecule has 2 rings (SSSR count). The Kier molecular flexibility index (Phi) is 6.75. The van der Waals surface area contributed by atoms with Gasteiger partial charge in [0.15, 0.2) is 0 Å². The SMILES string of the molecule is CN(C)CCNC(=O)c1cc(C(=O)Nc2cc(Cl)cc(Cl)c2)ccn1. The Morgan fingerprint density at radius 1 is 1.08 bits per heavy atom. The van der Waals surface area contributed by atoms with Crippen LogP contribution in [0.2, 0.25) is 10.0 Å². The summed E-state index contributed by atoms with van der Waals surface area (Å²) in [4.78, 5) is 30.4. The lowest BCUT2D eigenvalue weighted by Gasteiger charge is -2.10. The normalized spacial score (nSPS) is 10.6. The Hall–Kier alpha value is -2.15. The highest BCUT2D eigenvalue weighted by Gasteiger charge is 2.12. The fourth-order valence-corrected chi connectivity index (χ4v) is 2.53. The molecule has 2 amide bonds. The largest absolute Gasteiger partial charge is 0.349 e. The number of pyridine rings is 1. The quantitative estimate of drug-likeness (QED) is 0.807. The van der Waals surface area contributed by atoms with Gasteiger partial charge < -0.3 is 15.5 Å². The number of aromatic nitrogens is 1. The molecule has 1 aromatic carbocycles. The molecular formula is C17H18Cl2N4O2. The third-order valence-corrected chi connectivity index (χ3v) is 3.66. The molecule has 0 unspecified atom stereocenters. The summed E-state index contributed by atoms with van der Waals surface area (Å²) in [7, 11) is 3.83. The zero-order valence-electron chi connectivity index (χ0n) is 13.8. The maximum absolute atomic E-state index is 12.4. The maximum atomic E-state index is 12.4. The number of hydrogen-bond acceptors (Lipinski definition) is 4. The van der Waals surface area contributed by atoms with Crippen molar-refractivity contribution in [1.82, 2.24) is 15.2 Å². The Morgan fingerprint density at radius 3 is 2.40 bits per heavy atom. The summed E-state index contributed by atoms with van der Waals surface area (Å²) in [6, 6.07) is 7.70. The molecule has 0 saturated carbocycles. The zero-order chi connectivity index (χ0) is 18.4. The highest BCUT2D eigenvalue weighted by molar-refractivity contribution is 6.35. The second kappa shape index (κ2) is 8.80. The predicted octanol–water partition coefficient (Wildman–Crippen LogP) is 2.93. The number of hydrogen-bond donors (Lipinski definition) is 2. The van der Waals surface area contributed by atoms with E-state index in [-0.39, 0.29) is 17.5 Å². The number of nitrogens with one attached hydrogen (secondary N) is 2. The van der Waals surface area contributed by atoms with Crippen molar-refractivity contribution in [1.29, 1.82) is 0 Å². The van der Waals surface area contributed by atoms with Crippen LogP contribution in [-0.2, 0) is 0 Å². The molecule has 0 atom stereocenters. The average Bonchev–Trinajstić information content (AvgIpc) is 2.53. The van der Waals surface area contributed by atoms with Crippen molar-refractivity contribution in [3.05, 3.63) is 57.8 Å². The number of halogens is 2. The van der Waals surface area contributed by atoms with E-state index in [4.69, 9.17) is 23.2 Å². The smallest absolute Gasteiger partial charge is 0.269 e. The van der Waals surface area contributed by atoms with Crippen LogP contribution in [-0.4, -0.2) is 48.9 Å². The van der Waals surface area contributed by atoms with E-state index in [0.29, 0.717) is 34.4 Å². The number of benzene rings is 1. The Balaban J connectivity index is 2.06. The van der Waals surface area contributed by atoms with Gasteiger partial charge in [-0.05, 0) is 44.4 Å². The number of amides is 2. The van der Waals surface area contributed by atoms with E-state index in [1.54, 1.807) is 18.2 Å². The van der Waals surface area contributed by atoms with Crippen molar-refractivity contribution < 1.29 is 9.59 Å². The predicted molar refractivity (Wildman–Crippen MR) is 99.5 cm³/mol. The summed E-state index contributed by atoms with van der Waals surface area (Å²) in [6.45, 7) is 1.20. The molecule has 0 aliphatic heterocycles. The van der Waals surface area contributed by atoms with Crippen molar-refractivity contribution >= 4 is 40.7 Å². The Bertz CT molecular complexity index is 761. The molecule has 25 heavy (non-hydrogen) atoms. The molecule has 1 heterocycles. The molecule has 2 N–H and O–H groups in total. The number of anilines is 1. The maximum Gasteiger partial charge on any atom is 0.269 e. The minimum absolute atomic E-state index is 0.176. The molecule has 0 bridgehead atoms. The molecule has 6 nitrogen and oxygen atoms in total. The lowest BCUT2D eigenvalue weighted by Crippen LogP contribution is -2.32. The zero-order valence-corrected chi connectivity index (χ0v) is 15.4. The van der Waals surface area contributed by atoms with Gasteiger partial charge in [0.25, 0.3) is 11.8 Å². The molecule has 1 aromatic heterocycles. The topological polar surface area (TPSA) is 74.3 Å². The lowest BCUT2D eigenvalue weighted by molar-refractivity contribution is 0.0946. The first-order valence-corrected chi connectivity index (χ1v) is 8.27. The second-order valence-electron chi connectivity index (χ2n) is 5.60. The minimum atomic E-state index is -0.386. The van der Waals surface area contributed by atoms with Crippen molar-refractivity contribution in [3.8, 4) is 0 Å². The summed E-state index contributed by atoms with van der Waals surface area (Å²) >= 11 is 11.8. The van der Waals surface area contributed by atoms with Crippen LogP contribution in [0.3, 0.4) is 0 Å². The fraction of sp³-hybridized carbons (Fsp3) is 0.235. The number of carbonyl (C=O) groups is 2. The Labute approximate surface area is 156 Å². The highest BCUT2D eigenvalue weighted by Crippen LogP contribution is 2.22. The first-order valence-electron chi connectivity index (χ1n) is 7.51. The summed E-state index contributed by atoms with van der Waals surface area (Å²) < 4.78 is 0. The van der Waals surface area contributed by atoms with E-state index in [1.165, 1.54) is 18.3 Å². The first kappa shape index (κ1) is 19.2.